The molecule has 9 nitrogen and oxygen atoms in total. The van der Waals surface area contributed by atoms with E-state index in [2.05, 4.69) is 10.6 Å². The molecule has 0 spiro atoms. The van der Waals surface area contributed by atoms with Crippen molar-refractivity contribution in [2.45, 2.75) is 64.3 Å². The molecule has 9 heteroatoms. The van der Waals surface area contributed by atoms with Gasteiger partial charge in [-0.1, -0.05) is 60.7 Å². The van der Waals surface area contributed by atoms with Crippen LogP contribution in [0.2, 0.25) is 0 Å². The van der Waals surface area contributed by atoms with E-state index in [0.717, 1.165) is 18.2 Å². The molecule has 0 saturated heterocycles. The fraction of sp³-hybridized carbons (Fsp3) is 0.407. The van der Waals surface area contributed by atoms with Crippen molar-refractivity contribution >= 4 is 23.9 Å². The number of benzene rings is 2. The van der Waals surface area contributed by atoms with Gasteiger partial charge in [0.2, 0.25) is 5.91 Å². The van der Waals surface area contributed by atoms with E-state index in [4.69, 9.17) is 14.2 Å². The molecule has 2 aromatic rings. The largest absolute Gasteiger partial charge is 0.467 e. The molecule has 0 unspecified atom stereocenters. The summed E-state index contributed by atoms with van der Waals surface area (Å²) < 4.78 is 15.9. The van der Waals surface area contributed by atoms with Crippen LogP contribution < -0.4 is 10.6 Å². The van der Waals surface area contributed by atoms with Crippen LogP contribution in [0.1, 0.15) is 51.3 Å². The maximum Gasteiger partial charge on any atom is 0.408 e. The zero-order valence-electron chi connectivity index (χ0n) is 21.3. The number of hydrogen-bond acceptors (Lipinski definition) is 7. The minimum Gasteiger partial charge on any atom is -0.467 e. The summed E-state index contributed by atoms with van der Waals surface area (Å²) in [6, 6.07) is 16.2. The smallest absolute Gasteiger partial charge is 0.408 e. The van der Waals surface area contributed by atoms with E-state index in [0.29, 0.717) is 6.42 Å². The number of hydrogen-bond donors (Lipinski definition) is 2. The van der Waals surface area contributed by atoms with E-state index in [-0.39, 0.29) is 6.42 Å². The number of rotatable bonds is 10. The van der Waals surface area contributed by atoms with Gasteiger partial charge in [-0.25, -0.2) is 14.4 Å². The molecule has 0 radical (unpaired) electrons. The lowest BCUT2D eigenvalue weighted by Crippen LogP contribution is -2.51. The summed E-state index contributed by atoms with van der Waals surface area (Å²) in [4.78, 5) is 49.8. The van der Waals surface area contributed by atoms with Crippen molar-refractivity contribution in [1.82, 2.24) is 10.6 Å². The lowest BCUT2D eigenvalue weighted by atomic mass is 10.0. The maximum absolute atomic E-state index is 13.4. The third-order valence-corrected chi connectivity index (χ3v) is 5.00. The van der Waals surface area contributed by atoms with Gasteiger partial charge < -0.3 is 24.8 Å². The first kappa shape index (κ1) is 28.4. The second kappa shape index (κ2) is 13.3. The van der Waals surface area contributed by atoms with Crippen molar-refractivity contribution < 1.29 is 33.4 Å². The third kappa shape index (κ3) is 9.77. The van der Waals surface area contributed by atoms with Gasteiger partial charge in [-0.05, 0) is 31.9 Å². The van der Waals surface area contributed by atoms with Crippen LogP contribution in [-0.4, -0.2) is 48.7 Å². The Balaban J connectivity index is 2.32. The molecule has 0 aromatic heterocycles. The zero-order chi connectivity index (χ0) is 26.7. The van der Waals surface area contributed by atoms with Crippen molar-refractivity contribution in [2.24, 2.45) is 0 Å². The Morgan fingerprint density at radius 1 is 0.833 bits per heavy atom. The van der Waals surface area contributed by atoms with Gasteiger partial charge in [0.1, 0.15) is 23.8 Å². The van der Waals surface area contributed by atoms with Crippen molar-refractivity contribution in [3.05, 3.63) is 71.8 Å². The van der Waals surface area contributed by atoms with Gasteiger partial charge in [-0.15, -0.1) is 0 Å². The molecule has 0 aliphatic rings. The van der Waals surface area contributed by atoms with Gasteiger partial charge >= 0.3 is 18.0 Å². The summed E-state index contributed by atoms with van der Waals surface area (Å²) in [7, 11) is 1.16. The van der Waals surface area contributed by atoms with Crippen molar-refractivity contribution in [2.75, 3.05) is 7.11 Å². The highest BCUT2D eigenvalue weighted by atomic mass is 16.6. The molecule has 3 atom stereocenters. The number of alkyl carbamates (subject to hydrolysis) is 1. The fourth-order valence-electron chi connectivity index (χ4n) is 3.45. The highest BCUT2D eigenvalue weighted by Gasteiger charge is 2.33. The number of nitrogens with one attached hydrogen (secondary N) is 2. The number of ether oxygens (including phenoxy) is 3. The van der Waals surface area contributed by atoms with Gasteiger partial charge in [0.25, 0.3) is 0 Å². The minimum atomic E-state index is -1.31. The van der Waals surface area contributed by atoms with Gasteiger partial charge in [0.15, 0.2) is 0 Å². The summed E-state index contributed by atoms with van der Waals surface area (Å²) in [6.07, 6.45) is -1.43. The second-order valence-electron chi connectivity index (χ2n) is 9.24. The Hall–Kier alpha value is -3.88. The standard InChI is InChI=1S/C27H34N2O7/c1-18(30)28-21(24(31)34-5)17-22(29-26(33)36-27(2,3)4)25(32)35-23(20-14-10-7-11-15-20)16-19-12-8-6-9-13-19/h6-15,21-23H,16-17H2,1-5H3,(H,28,30)(H,29,33)/t21-,22+,23+/m0/s1. The van der Waals surface area contributed by atoms with E-state index in [9.17, 15) is 19.2 Å². The van der Waals surface area contributed by atoms with Crippen LogP contribution in [0, 0.1) is 0 Å². The van der Waals surface area contributed by atoms with Crippen LogP contribution in [0.4, 0.5) is 4.79 Å². The Labute approximate surface area is 211 Å². The first-order chi connectivity index (χ1) is 17.0. The molecule has 36 heavy (non-hydrogen) atoms. The zero-order valence-corrected chi connectivity index (χ0v) is 21.3. The molecule has 2 aromatic carbocycles. The average Bonchev–Trinajstić information content (AvgIpc) is 2.82. The molecule has 194 valence electrons. The number of carbonyl (C=O) groups is 4. The molecule has 0 aliphatic carbocycles. The van der Waals surface area contributed by atoms with E-state index < -0.39 is 47.7 Å². The Morgan fingerprint density at radius 3 is 1.92 bits per heavy atom. The molecule has 2 rings (SSSR count). The Bertz CT molecular complexity index is 1020. The van der Waals surface area contributed by atoms with Crippen molar-refractivity contribution in [3.8, 4) is 0 Å². The highest BCUT2D eigenvalue weighted by molar-refractivity contribution is 5.86. The minimum absolute atomic E-state index is 0.294. The van der Waals surface area contributed by atoms with Crippen LogP contribution in [0.15, 0.2) is 60.7 Å². The first-order valence-corrected chi connectivity index (χ1v) is 11.6. The molecule has 0 heterocycles. The molecule has 2 amide bonds. The first-order valence-electron chi connectivity index (χ1n) is 11.6. The molecule has 0 fully saturated rings. The highest BCUT2D eigenvalue weighted by Crippen LogP contribution is 2.24. The fourth-order valence-corrected chi connectivity index (χ4v) is 3.45. The number of carbonyl (C=O) groups excluding carboxylic acids is 4. The van der Waals surface area contributed by atoms with E-state index in [1.165, 1.54) is 6.92 Å². The van der Waals surface area contributed by atoms with Gasteiger partial charge in [0.05, 0.1) is 7.11 Å². The SMILES string of the molecule is COC(=O)[C@H](C[C@@H](NC(=O)OC(C)(C)C)C(=O)O[C@H](Cc1ccccc1)c1ccccc1)NC(C)=O. The number of esters is 2. The lowest BCUT2D eigenvalue weighted by molar-refractivity contribution is -0.153. The normalized spacial score (nSPS) is 13.5. The summed E-state index contributed by atoms with van der Waals surface area (Å²) in [6.45, 7) is 6.27. The van der Waals surface area contributed by atoms with E-state index in [1.807, 2.05) is 60.7 Å². The van der Waals surface area contributed by atoms with Crippen LogP contribution in [0.5, 0.6) is 0 Å². The monoisotopic (exact) mass is 498 g/mol. The second-order valence-corrected chi connectivity index (χ2v) is 9.24. The summed E-state index contributed by atoms with van der Waals surface area (Å²) in [5, 5.41) is 4.93. The van der Waals surface area contributed by atoms with Gasteiger partial charge in [-0.2, -0.15) is 0 Å². The van der Waals surface area contributed by atoms with Crippen LogP contribution >= 0.6 is 0 Å². The van der Waals surface area contributed by atoms with E-state index >= 15 is 0 Å². The average molecular weight is 499 g/mol. The molecular weight excluding hydrogens is 464 g/mol. The van der Waals surface area contributed by atoms with Crippen LogP contribution in [-0.2, 0) is 35.0 Å². The maximum atomic E-state index is 13.4. The van der Waals surface area contributed by atoms with Crippen molar-refractivity contribution in [3.63, 3.8) is 0 Å². The lowest BCUT2D eigenvalue weighted by Gasteiger charge is -2.27. The predicted octanol–water partition coefficient (Wildman–Crippen LogP) is 3.47. The predicted molar refractivity (Wildman–Crippen MR) is 133 cm³/mol. The van der Waals surface area contributed by atoms with Crippen molar-refractivity contribution in [1.29, 1.82) is 0 Å². The summed E-state index contributed by atoms with van der Waals surface area (Å²) in [5.74, 6) is -2.05. The number of methoxy groups -OCH3 is 1. The van der Waals surface area contributed by atoms with Crippen LogP contribution in [0.25, 0.3) is 0 Å². The van der Waals surface area contributed by atoms with Gasteiger partial charge in [0, 0.05) is 19.8 Å². The van der Waals surface area contributed by atoms with Gasteiger partial charge in [-0.3, -0.25) is 4.79 Å². The molecule has 0 aliphatic heterocycles. The number of amides is 2. The molecule has 0 saturated carbocycles. The topological polar surface area (TPSA) is 120 Å². The summed E-state index contributed by atoms with van der Waals surface area (Å²) in [5.41, 5.74) is 0.885. The summed E-state index contributed by atoms with van der Waals surface area (Å²) >= 11 is 0. The van der Waals surface area contributed by atoms with E-state index in [1.54, 1.807) is 20.8 Å². The molecule has 0 bridgehead atoms. The third-order valence-electron chi connectivity index (χ3n) is 5.00. The molecular formula is C27H34N2O7. The Morgan fingerprint density at radius 2 is 1.39 bits per heavy atom. The molecule has 2 N–H and O–H groups in total. The quantitative estimate of drug-likeness (QED) is 0.380. The van der Waals surface area contributed by atoms with Crippen LogP contribution in [0.3, 0.4) is 0 Å². The Kier molecular flexibility index (Phi) is 10.5.